The highest BCUT2D eigenvalue weighted by Gasteiger charge is 2.11. The third-order valence-corrected chi connectivity index (χ3v) is 2.75. The molecule has 4 heteroatoms. The maximum Gasteiger partial charge on any atom is 0.182 e. The van der Waals surface area contributed by atoms with Gasteiger partial charge in [-0.3, -0.25) is 0 Å². The molecule has 1 aromatic rings. The van der Waals surface area contributed by atoms with Gasteiger partial charge >= 0.3 is 0 Å². The number of nitrogens with one attached hydrogen (secondary N) is 1. The molecule has 0 spiro atoms. The van der Waals surface area contributed by atoms with E-state index >= 15 is 0 Å². The molecule has 12 heavy (non-hydrogen) atoms. The Bertz CT molecular complexity index is 211. The summed E-state index contributed by atoms with van der Waals surface area (Å²) in [5, 5.41) is 6.19. The van der Waals surface area contributed by atoms with Gasteiger partial charge in [0.1, 0.15) is 0 Å². The average Bonchev–Trinajstić information content (AvgIpc) is 2.51. The molecule has 1 rings (SSSR count). The van der Waals surface area contributed by atoms with Crippen LogP contribution in [0.5, 0.6) is 0 Å². The van der Waals surface area contributed by atoms with Crippen molar-refractivity contribution in [1.82, 2.24) is 4.98 Å². The van der Waals surface area contributed by atoms with E-state index in [0.29, 0.717) is 17.8 Å². The monoisotopic (exact) mass is 204 g/mol. The van der Waals surface area contributed by atoms with Gasteiger partial charge in [0.15, 0.2) is 5.13 Å². The molecule has 0 fully saturated rings. The van der Waals surface area contributed by atoms with Gasteiger partial charge in [-0.1, -0.05) is 13.8 Å². The molecule has 0 aliphatic heterocycles. The van der Waals surface area contributed by atoms with Crippen molar-refractivity contribution in [3.8, 4) is 0 Å². The van der Waals surface area contributed by atoms with E-state index in [4.69, 9.17) is 11.6 Å². The van der Waals surface area contributed by atoms with Crippen LogP contribution in [0.3, 0.4) is 0 Å². The first-order chi connectivity index (χ1) is 5.74. The van der Waals surface area contributed by atoms with E-state index in [1.807, 2.05) is 5.38 Å². The minimum absolute atomic E-state index is 0.317. The molecule has 2 nitrogen and oxygen atoms in total. The Hall–Kier alpha value is -0.280. The summed E-state index contributed by atoms with van der Waals surface area (Å²) in [4.78, 5) is 4.14. The lowest BCUT2D eigenvalue weighted by atomic mass is 10.1. The fourth-order valence-electron chi connectivity index (χ4n) is 0.837. The smallest absolute Gasteiger partial charge is 0.182 e. The Kier molecular flexibility index (Phi) is 3.82. The van der Waals surface area contributed by atoms with Crippen LogP contribution in [0.4, 0.5) is 5.13 Å². The number of nitrogens with zero attached hydrogens (tertiary/aromatic N) is 1. The topological polar surface area (TPSA) is 24.9 Å². The zero-order valence-corrected chi connectivity index (χ0v) is 8.82. The van der Waals surface area contributed by atoms with Crippen LogP contribution in [0, 0.1) is 5.92 Å². The van der Waals surface area contributed by atoms with Gasteiger partial charge in [-0.25, -0.2) is 4.98 Å². The quantitative estimate of drug-likeness (QED) is 0.764. The normalized spacial score (nSPS) is 13.3. The van der Waals surface area contributed by atoms with Crippen molar-refractivity contribution in [3.63, 3.8) is 0 Å². The molecular formula is C8H13ClN2S. The summed E-state index contributed by atoms with van der Waals surface area (Å²) in [7, 11) is 0. The highest BCUT2D eigenvalue weighted by atomic mass is 35.5. The van der Waals surface area contributed by atoms with Crippen LogP contribution in [-0.2, 0) is 0 Å². The van der Waals surface area contributed by atoms with Gasteiger partial charge in [-0.05, 0) is 5.92 Å². The van der Waals surface area contributed by atoms with Gasteiger partial charge in [0.05, 0.1) is 0 Å². The summed E-state index contributed by atoms with van der Waals surface area (Å²) >= 11 is 7.40. The Balaban J connectivity index is 2.48. The van der Waals surface area contributed by atoms with Crippen LogP contribution < -0.4 is 5.32 Å². The molecule has 0 radical (unpaired) electrons. The Morgan fingerprint density at radius 1 is 1.67 bits per heavy atom. The number of anilines is 1. The largest absolute Gasteiger partial charge is 0.357 e. The van der Waals surface area contributed by atoms with Gasteiger partial charge < -0.3 is 5.32 Å². The maximum absolute atomic E-state index is 5.79. The highest BCUT2D eigenvalue weighted by molar-refractivity contribution is 7.13. The fraction of sp³-hybridized carbons (Fsp3) is 0.625. The lowest BCUT2D eigenvalue weighted by Gasteiger charge is -2.18. The summed E-state index contributed by atoms with van der Waals surface area (Å²) in [5.41, 5.74) is 0. The number of hydrogen-bond donors (Lipinski definition) is 1. The predicted molar refractivity (Wildman–Crippen MR) is 55.1 cm³/mol. The van der Waals surface area contributed by atoms with E-state index in [9.17, 15) is 0 Å². The van der Waals surface area contributed by atoms with Crippen molar-refractivity contribution in [2.75, 3.05) is 11.2 Å². The first kappa shape index (κ1) is 9.81. The van der Waals surface area contributed by atoms with E-state index in [-0.39, 0.29) is 0 Å². The molecule has 1 aromatic heterocycles. The molecule has 68 valence electrons. The summed E-state index contributed by atoms with van der Waals surface area (Å²) in [6.07, 6.45) is 1.79. The van der Waals surface area contributed by atoms with E-state index in [1.54, 1.807) is 17.5 Å². The second-order valence-corrected chi connectivity index (χ2v) is 4.19. The SMILES string of the molecule is CC(C)C(CCl)Nc1nccs1. The van der Waals surface area contributed by atoms with Crippen molar-refractivity contribution in [2.45, 2.75) is 19.9 Å². The standard InChI is InChI=1S/C8H13ClN2S/c1-6(2)7(5-9)11-8-10-3-4-12-8/h3-4,6-7H,5H2,1-2H3,(H,10,11). The molecular weight excluding hydrogens is 192 g/mol. The first-order valence-corrected chi connectivity index (χ1v) is 5.37. The minimum atomic E-state index is 0.317. The van der Waals surface area contributed by atoms with Crippen LogP contribution in [0.1, 0.15) is 13.8 Å². The Labute approximate surface area is 82.0 Å². The van der Waals surface area contributed by atoms with Crippen molar-refractivity contribution >= 4 is 28.1 Å². The Morgan fingerprint density at radius 3 is 2.83 bits per heavy atom. The van der Waals surface area contributed by atoms with E-state index in [2.05, 4.69) is 24.1 Å². The van der Waals surface area contributed by atoms with Crippen LogP contribution in [0.15, 0.2) is 11.6 Å². The minimum Gasteiger partial charge on any atom is -0.357 e. The van der Waals surface area contributed by atoms with E-state index < -0.39 is 0 Å². The average molecular weight is 205 g/mol. The molecule has 0 aliphatic rings. The highest BCUT2D eigenvalue weighted by Crippen LogP contribution is 2.15. The van der Waals surface area contributed by atoms with Crippen LogP contribution in [-0.4, -0.2) is 16.9 Å². The lowest BCUT2D eigenvalue weighted by Crippen LogP contribution is -2.27. The van der Waals surface area contributed by atoms with Gasteiger partial charge in [-0.15, -0.1) is 22.9 Å². The summed E-state index contributed by atoms with van der Waals surface area (Å²) in [6.45, 7) is 4.29. The number of aromatic nitrogens is 1. The van der Waals surface area contributed by atoms with Crippen LogP contribution in [0.2, 0.25) is 0 Å². The molecule has 1 heterocycles. The maximum atomic E-state index is 5.79. The molecule has 1 atom stereocenters. The summed E-state index contributed by atoms with van der Waals surface area (Å²) < 4.78 is 0. The lowest BCUT2D eigenvalue weighted by molar-refractivity contribution is 0.564. The van der Waals surface area contributed by atoms with Gasteiger partial charge in [0.2, 0.25) is 0 Å². The number of rotatable bonds is 4. The molecule has 0 bridgehead atoms. The van der Waals surface area contributed by atoms with Gasteiger partial charge in [0.25, 0.3) is 0 Å². The molecule has 0 aliphatic carbocycles. The fourth-order valence-corrected chi connectivity index (χ4v) is 1.86. The Morgan fingerprint density at radius 2 is 2.42 bits per heavy atom. The number of hydrogen-bond acceptors (Lipinski definition) is 3. The summed E-state index contributed by atoms with van der Waals surface area (Å²) in [6, 6.07) is 0.317. The summed E-state index contributed by atoms with van der Waals surface area (Å²) in [5.74, 6) is 1.16. The zero-order valence-electron chi connectivity index (χ0n) is 7.25. The third kappa shape index (κ3) is 2.64. The zero-order chi connectivity index (χ0) is 8.97. The second-order valence-electron chi connectivity index (χ2n) is 2.99. The predicted octanol–water partition coefficient (Wildman–Crippen LogP) is 2.82. The number of halogens is 1. The van der Waals surface area contributed by atoms with Crippen molar-refractivity contribution in [3.05, 3.63) is 11.6 Å². The van der Waals surface area contributed by atoms with Gasteiger partial charge in [0, 0.05) is 23.5 Å². The molecule has 0 amide bonds. The number of alkyl halides is 1. The van der Waals surface area contributed by atoms with Crippen LogP contribution in [0.25, 0.3) is 0 Å². The van der Waals surface area contributed by atoms with Crippen molar-refractivity contribution < 1.29 is 0 Å². The molecule has 1 N–H and O–H groups in total. The van der Waals surface area contributed by atoms with Crippen molar-refractivity contribution in [2.24, 2.45) is 5.92 Å². The van der Waals surface area contributed by atoms with Crippen molar-refractivity contribution in [1.29, 1.82) is 0 Å². The van der Waals surface area contributed by atoms with E-state index in [1.165, 1.54) is 0 Å². The first-order valence-electron chi connectivity index (χ1n) is 3.96. The number of thiazole rings is 1. The molecule has 0 saturated carbocycles. The molecule has 0 aromatic carbocycles. The molecule has 1 unspecified atom stereocenters. The third-order valence-electron chi connectivity index (χ3n) is 1.71. The second kappa shape index (κ2) is 4.67. The van der Waals surface area contributed by atoms with Gasteiger partial charge in [-0.2, -0.15) is 0 Å². The van der Waals surface area contributed by atoms with Crippen LogP contribution >= 0.6 is 22.9 Å². The molecule has 0 saturated heterocycles. The van der Waals surface area contributed by atoms with E-state index in [0.717, 1.165) is 5.13 Å².